The second-order valence-corrected chi connectivity index (χ2v) is 3.64. The third kappa shape index (κ3) is 4.24. The Hall–Kier alpha value is -1.27. The average Bonchev–Trinajstić information content (AvgIpc) is 2.15. The first-order valence-corrected chi connectivity index (χ1v) is 4.87. The zero-order valence-corrected chi connectivity index (χ0v) is 9.52. The molecule has 0 bridgehead atoms. The van der Waals surface area contributed by atoms with E-state index < -0.39 is 17.6 Å². The number of carbonyl (C=O) groups excluding carboxylic acids is 1. The van der Waals surface area contributed by atoms with Crippen molar-refractivity contribution in [2.24, 2.45) is 0 Å². The van der Waals surface area contributed by atoms with Gasteiger partial charge in [0, 0.05) is 17.8 Å². The van der Waals surface area contributed by atoms with Gasteiger partial charge in [-0.15, -0.1) is 0 Å². The monoisotopic (exact) mass is 267 g/mol. The lowest BCUT2D eigenvalue weighted by Gasteiger charge is -2.10. The highest BCUT2D eigenvalue weighted by atomic mass is 35.5. The number of anilines is 1. The summed E-state index contributed by atoms with van der Waals surface area (Å²) in [5.74, 6) is -0.553. The fourth-order valence-corrected chi connectivity index (χ4v) is 1.39. The Morgan fingerprint density at radius 3 is 2.59 bits per heavy atom. The molecule has 0 aliphatic heterocycles. The van der Waals surface area contributed by atoms with Crippen LogP contribution < -0.4 is 5.32 Å². The molecule has 0 aromatic heterocycles. The van der Waals surface area contributed by atoms with Gasteiger partial charge in [0.15, 0.2) is 0 Å². The molecule has 1 aromatic carbocycles. The molecule has 0 aliphatic carbocycles. The number of alkyl halides is 3. The van der Waals surface area contributed by atoms with Crippen LogP contribution in [0.5, 0.6) is 0 Å². The minimum Gasteiger partial charge on any atom is -0.375 e. The zero-order chi connectivity index (χ0) is 13.1. The van der Waals surface area contributed by atoms with Gasteiger partial charge in [-0.05, 0) is 18.2 Å². The molecule has 0 unspecified atom stereocenters. The third-order valence-corrected chi connectivity index (χ3v) is 2.00. The highest BCUT2D eigenvalue weighted by molar-refractivity contribution is 6.31. The van der Waals surface area contributed by atoms with Gasteiger partial charge >= 0.3 is 6.18 Å². The highest BCUT2D eigenvalue weighted by Crippen LogP contribution is 2.33. The Labute approximate surface area is 101 Å². The largest absolute Gasteiger partial charge is 0.416 e. The molecule has 1 amide bonds. The standard InChI is InChI=1S/C10H9ClF3NO2/c1-17-5-9(16)15-8-3-6(10(12,13)14)2-7(11)4-8/h2-4H,5H2,1H3,(H,15,16). The Balaban J connectivity index is 2.94. The van der Waals surface area contributed by atoms with Crippen LogP contribution in [0.25, 0.3) is 0 Å². The van der Waals surface area contributed by atoms with Crippen molar-refractivity contribution in [3.8, 4) is 0 Å². The maximum Gasteiger partial charge on any atom is 0.416 e. The zero-order valence-electron chi connectivity index (χ0n) is 8.77. The van der Waals surface area contributed by atoms with Crippen molar-refractivity contribution in [3.63, 3.8) is 0 Å². The molecule has 0 saturated carbocycles. The first-order chi connectivity index (χ1) is 7.82. The topological polar surface area (TPSA) is 38.3 Å². The average molecular weight is 268 g/mol. The summed E-state index contributed by atoms with van der Waals surface area (Å²) < 4.78 is 41.8. The number of halogens is 4. The molecule has 0 spiro atoms. The van der Waals surface area contributed by atoms with Crippen LogP contribution in [0.15, 0.2) is 18.2 Å². The van der Waals surface area contributed by atoms with E-state index in [9.17, 15) is 18.0 Å². The van der Waals surface area contributed by atoms with Crippen molar-refractivity contribution >= 4 is 23.2 Å². The Morgan fingerprint density at radius 1 is 1.41 bits per heavy atom. The van der Waals surface area contributed by atoms with E-state index in [1.165, 1.54) is 13.2 Å². The number of rotatable bonds is 3. The molecule has 7 heteroatoms. The van der Waals surface area contributed by atoms with Gasteiger partial charge in [-0.1, -0.05) is 11.6 Å². The van der Waals surface area contributed by atoms with Crippen LogP contribution in [-0.4, -0.2) is 19.6 Å². The van der Waals surface area contributed by atoms with Gasteiger partial charge in [0.1, 0.15) is 6.61 Å². The molecule has 0 fully saturated rings. The van der Waals surface area contributed by atoms with Crippen molar-refractivity contribution in [1.82, 2.24) is 0 Å². The molecule has 1 rings (SSSR count). The maximum absolute atomic E-state index is 12.4. The van der Waals surface area contributed by atoms with Gasteiger partial charge in [-0.3, -0.25) is 4.79 Å². The predicted molar refractivity (Wildman–Crippen MR) is 57.0 cm³/mol. The lowest BCUT2D eigenvalue weighted by molar-refractivity contribution is -0.137. The van der Waals surface area contributed by atoms with Gasteiger partial charge in [0.05, 0.1) is 5.56 Å². The summed E-state index contributed by atoms with van der Waals surface area (Å²) in [7, 11) is 1.30. The van der Waals surface area contributed by atoms with E-state index >= 15 is 0 Å². The van der Waals surface area contributed by atoms with E-state index in [2.05, 4.69) is 10.1 Å². The Kier molecular flexibility index (Phi) is 4.36. The van der Waals surface area contributed by atoms with Gasteiger partial charge in [-0.25, -0.2) is 0 Å². The molecule has 0 heterocycles. The third-order valence-electron chi connectivity index (χ3n) is 1.78. The van der Waals surface area contributed by atoms with Crippen LogP contribution in [0.4, 0.5) is 18.9 Å². The molecule has 1 aromatic rings. The molecule has 0 aliphatic rings. The van der Waals surface area contributed by atoms with Crippen LogP contribution >= 0.6 is 11.6 Å². The molecular formula is C10H9ClF3NO2. The van der Waals surface area contributed by atoms with E-state index in [1.807, 2.05) is 0 Å². The summed E-state index contributed by atoms with van der Waals surface area (Å²) in [4.78, 5) is 11.1. The fourth-order valence-electron chi connectivity index (χ4n) is 1.15. The van der Waals surface area contributed by atoms with Gasteiger partial charge in [0.2, 0.25) is 5.91 Å². The summed E-state index contributed by atoms with van der Waals surface area (Å²) in [6.07, 6.45) is -4.51. The fraction of sp³-hybridized carbons (Fsp3) is 0.300. The van der Waals surface area contributed by atoms with Crippen LogP contribution in [0.3, 0.4) is 0 Å². The number of amides is 1. The molecular weight excluding hydrogens is 259 g/mol. The number of carbonyl (C=O) groups is 1. The van der Waals surface area contributed by atoms with Crippen molar-refractivity contribution < 1.29 is 22.7 Å². The van der Waals surface area contributed by atoms with Crippen LogP contribution in [0.2, 0.25) is 5.02 Å². The van der Waals surface area contributed by atoms with E-state index in [-0.39, 0.29) is 17.3 Å². The number of nitrogens with one attached hydrogen (secondary N) is 1. The summed E-state index contributed by atoms with van der Waals surface area (Å²) in [6, 6.07) is 2.82. The first-order valence-electron chi connectivity index (χ1n) is 4.49. The van der Waals surface area contributed by atoms with E-state index in [0.717, 1.165) is 12.1 Å². The molecule has 0 radical (unpaired) electrons. The van der Waals surface area contributed by atoms with Crippen molar-refractivity contribution in [2.45, 2.75) is 6.18 Å². The Morgan fingerprint density at radius 2 is 2.06 bits per heavy atom. The summed E-state index contributed by atoms with van der Waals surface area (Å²) in [5.41, 5.74) is -0.940. The minimum atomic E-state index is -4.51. The predicted octanol–water partition coefficient (Wildman–Crippen LogP) is 2.94. The van der Waals surface area contributed by atoms with Gasteiger partial charge in [-0.2, -0.15) is 13.2 Å². The quantitative estimate of drug-likeness (QED) is 0.914. The van der Waals surface area contributed by atoms with Crippen molar-refractivity contribution in [2.75, 3.05) is 19.0 Å². The smallest absolute Gasteiger partial charge is 0.375 e. The number of ether oxygens (including phenoxy) is 1. The molecule has 1 N–H and O–H groups in total. The first kappa shape index (κ1) is 13.8. The lowest BCUT2D eigenvalue weighted by atomic mass is 10.2. The molecule has 0 atom stereocenters. The minimum absolute atomic E-state index is 0.0214. The molecule has 94 valence electrons. The highest BCUT2D eigenvalue weighted by Gasteiger charge is 2.31. The molecule has 17 heavy (non-hydrogen) atoms. The summed E-state index contributed by atoms with van der Waals surface area (Å²) in [6.45, 7) is -0.242. The SMILES string of the molecule is COCC(=O)Nc1cc(Cl)cc(C(F)(F)F)c1. The molecule has 0 saturated heterocycles. The second kappa shape index (κ2) is 5.37. The van der Waals surface area contributed by atoms with Crippen LogP contribution in [0.1, 0.15) is 5.56 Å². The number of hydrogen-bond acceptors (Lipinski definition) is 2. The number of methoxy groups -OCH3 is 1. The van der Waals surface area contributed by atoms with Crippen LogP contribution in [0, 0.1) is 0 Å². The van der Waals surface area contributed by atoms with E-state index in [4.69, 9.17) is 11.6 Å². The lowest BCUT2D eigenvalue weighted by Crippen LogP contribution is -2.17. The maximum atomic E-state index is 12.4. The normalized spacial score (nSPS) is 11.4. The van der Waals surface area contributed by atoms with Crippen molar-refractivity contribution in [3.05, 3.63) is 28.8 Å². The molecule has 3 nitrogen and oxygen atoms in total. The summed E-state index contributed by atoms with van der Waals surface area (Å²) >= 11 is 5.53. The van der Waals surface area contributed by atoms with E-state index in [1.54, 1.807) is 0 Å². The van der Waals surface area contributed by atoms with Gasteiger partial charge < -0.3 is 10.1 Å². The summed E-state index contributed by atoms with van der Waals surface area (Å²) in [5, 5.41) is 2.14. The number of benzene rings is 1. The van der Waals surface area contributed by atoms with Crippen molar-refractivity contribution in [1.29, 1.82) is 0 Å². The van der Waals surface area contributed by atoms with E-state index in [0.29, 0.717) is 0 Å². The number of hydrogen-bond donors (Lipinski definition) is 1. The Bertz CT molecular complexity index is 421. The van der Waals surface area contributed by atoms with Gasteiger partial charge in [0.25, 0.3) is 0 Å². The van der Waals surface area contributed by atoms with Crippen LogP contribution in [-0.2, 0) is 15.7 Å². The second-order valence-electron chi connectivity index (χ2n) is 3.21.